The van der Waals surface area contributed by atoms with Gasteiger partial charge in [-0.05, 0) is 36.8 Å². The number of halogens is 1. The van der Waals surface area contributed by atoms with E-state index in [2.05, 4.69) is 25.2 Å². The number of aromatic nitrogens is 3. The number of nitrogens with zero attached hydrogens (tertiary/aromatic N) is 4. The van der Waals surface area contributed by atoms with E-state index in [4.69, 9.17) is 4.74 Å². The van der Waals surface area contributed by atoms with Crippen LogP contribution in [0, 0.1) is 12.7 Å². The molecule has 4 rings (SSSR count). The summed E-state index contributed by atoms with van der Waals surface area (Å²) in [5, 5.41) is 12.4. The van der Waals surface area contributed by atoms with Gasteiger partial charge in [0, 0.05) is 48.5 Å². The van der Waals surface area contributed by atoms with Crippen LogP contribution < -0.4 is 10.2 Å². The van der Waals surface area contributed by atoms with Crippen molar-refractivity contribution in [3.05, 3.63) is 59.8 Å². The van der Waals surface area contributed by atoms with Crippen LogP contribution in [-0.4, -0.2) is 52.3 Å². The summed E-state index contributed by atoms with van der Waals surface area (Å²) in [6.45, 7) is 4.11. The summed E-state index contributed by atoms with van der Waals surface area (Å²) in [6, 6.07) is 6.24. The molecule has 0 aliphatic carbocycles. The second-order valence-corrected chi connectivity index (χ2v) is 6.89. The Morgan fingerprint density at radius 1 is 1.20 bits per heavy atom. The lowest BCUT2D eigenvalue weighted by molar-refractivity contribution is 0.0696. The van der Waals surface area contributed by atoms with Gasteiger partial charge in [-0.3, -0.25) is 4.98 Å². The number of hydrogen-bond acceptors (Lipinski definition) is 7. The fourth-order valence-corrected chi connectivity index (χ4v) is 3.21. The maximum absolute atomic E-state index is 13.5. The van der Waals surface area contributed by atoms with Crippen LogP contribution in [0.4, 0.5) is 21.8 Å². The first-order chi connectivity index (χ1) is 14.5. The van der Waals surface area contributed by atoms with E-state index in [1.54, 1.807) is 37.5 Å². The van der Waals surface area contributed by atoms with Crippen molar-refractivity contribution in [3.8, 4) is 11.1 Å². The molecular formula is C21H20FN5O3. The van der Waals surface area contributed by atoms with Gasteiger partial charge in [0.1, 0.15) is 11.6 Å². The predicted octanol–water partition coefficient (Wildman–Crippen LogP) is 3.26. The second kappa shape index (κ2) is 8.42. The van der Waals surface area contributed by atoms with E-state index < -0.39 is 5.97 Å². The fourth-order valence-electron chi connectivity index (χ4n) is 3.21. The Kier molecular flexibility index (Phi) is 5.53. The lowest BCUT2D eigenvalue weighted by Gasteiger charge is -2.29. The number of carboxylic acids is 1. The smallest absolute Gasteiger partial charge is 0.337 e. The zero-order valence-corrected chi connectivity index (χ0v) is 16.3. The molecule has 3 heterocycles. The minimum Gasteiger partial charge on any atom is -0.478 e. The van der Waals surface area contributed by atoms with Gasteiger partial charge in [-0.25, -0.2) is 14.2 Å². The normalized spacial score (nSPS) is 13.9. The molecule has 1 saturated heterocycles. The highest BCUT2D eigenvalue weighted by molar-refractivity contribution is 5.89. The Bertz CT molecular complexity index is 1090. The first-order valence-corrected chi connectivity index (χ1v) is 9.43. The van der Waals surface area contributed by atoms with Gasteiger partial charge in [-0.15, -0.1) is 0 Å². The van der Waals surface area contributed by atoms with Gasteiger partial charge < -0.3 is 20.1 Å². The van der Waals surface area contributed by atoms with E-state index in [0.29, 0.717) is 60.4 Å². The van der Waals surface area contributed by atoms with Gasteiger partial charge in [0.2, 0.25) is 5.95 Å². The van der Waals surface area contributed by atoms with Gasteiger partial charge in [0.25, 0.3) is 0 Å². The number of anilines is 3. The third-order valence-electron chi connectivity index (χ3n) is 4.79. The van der Waals surface area contributed by atoms with Crippen LogP contribution in [0.25, 0.3) is 11.1 Å². The number of carboxylic acid groups (broad SMARTS) is 1. The number of rotatable bonds is 5. The van der Waals surface area contributed by atoms with Gasteiger partial charge in [-0.2, -0.15) is 4.98 Å². The van der Waals surface area contributed by atoms with E-state index >= 15 is 0 Å². The molecule has 1 aliphatic heterocycles. The summed E-state index contributed by atoms with van der Waals surface area (Å²) in [7, 11) is 0. The topological polar surface area (TPSA) is 100 Å². The summed E-state index contributed by atoms with van der Waals surface area (Å²) >= 11 is 0. The van der Waals surface area contributed by atoms with Gasteiger partial charge in [0.15, 0.2) is 0 Å². The zero-order chi connectivity index (χ0) is 21.1. The fraction of sp³-hybridized carbons (Fsp3) is 0.238. The van der Waals surface area contributed by atoms with Crippen molar-refractivity contribution in [2.45, 2.75) is 6.92 Å². The molecule has 2 N–H and O–H groups in total. The van der Waals surface area contributed by atoms with Gasteiger partial charge in [0.05, 0.1) is 18.8 Å². The van der Waals surface area contributed by atoms with Crippen molar-refractivity contribution in [3.63, 3.8) is 0 Å². The summed E-state index contributed by atoms with van der Waals surface area (Å²) in [4.78, 5) is 26.5. The number of benzene rings is 1. The Morgan fingerprint density at radius 3 is 2.73 bits per heavy atom. The molecule has 0 radical (unpaired) electrons. The average molecular weight is 409 g/mol. The lowest BCUT2D eigenvalue weighted by atomic mass is 10.1. The molecule has 8 nitrogen and oxygen atoms in total. The van der Waals surface area contributed by atoms with Crippen molar-refractivity contribution < 1.29 is 19.0 Å². The van der Waals surface area contributed by atoms with E-state index in [0.717, 1.165) is 0 Å². The number of pyridine rings is 1. The molecule has 1 aromatic carbocycles. The maximum atomic E-state index is 13.5. The van der Waals surface area contributed by atoms with Crippen molar-refractivity contribution in [1.82, 2.24) is 15.0 Å². The molecule has 30 heavy (non-hydrogen) atoms. The number of hydrogen-bond donors (Lipinski definition) is 2. The number of aromatic carboxylic acids is 1. The Balaban J connectivity index is 1.73. The highest BCUT2D eigenvalue weighted by Crippen LogP contribution is 2.31. The van der Waals surface area contributed by atoms with Crippen LogP contribution in [0.2, 0.25) is 0 Å². The second-order valence-electron chi connectivity index (χ2n) is 6.89. The SMILES string of the molecule is Cc1cc(Nc2ncc(-c3cncc(C(=O)O)c3)c(N3CCOCC3)n2)ccc1F. The van der Waals surface area contributed by atoms with Crippen LogP contribution >= 0.6 is 0 Å². The third kappa shape index (κ3) is 4.20. The quantitative estimate of drug-likeness (QED) is 0.662. The van der Waals surface area contributed by atoms with Crippen molar-refractivity contribution in [2.75, 3.05) is 36.5 Å². The van der Waals surface area contributed by atoms with E-state index in [-0.39, 0.29) is 11.4 Å². The number of nitrogens with one attached hydrogen (secondary N) is 1. The largest absolute Gasteiger partial charge is 0.478 e. The lowest BCUT2D eigenvalue weighted by Crippen LogP contribution is -2.37. The first kappa shape index (κ1) is 19.7. The molecule has 154 valence electrons. The number of aryl methyl sites for hydroxylation is 1. The van der Waals surface area contributed by atoms with Crippen molar-refractivity contribution >= 4 is 23.4 Å². The predicted molar refractivity (Wildman–Crippen MR) is 110 cm³/mol. The molecule has 0 unspecified atom stereocenters. The Morgan fingerprint density at radius 2 is 2.00 bits per heavy atom. The molecular weight excluding hydrogens is 389 g/mol. The molecule has 0 spiro atoms. The van der Waals surface area contributed by atoms with Crippen LogP contribution in [0.1, 0.15) is 15.9 Å². The van der Waals surface area contributed by atoms with Crippen molar-refractivity contribution in [2.24, 2.45) is 0 Å². The first-order valence-electron chi connectivity index (χ1n) is 9.43. The van der Waals surface area contributed by atoms with Gasteiger partial charge >= 0.3 is 5.97 Å². The van der Waals surface area contributed by atoms with Crippen LogP contribution in [0.15, 0.2) is 42.9 Å². The highest BCUT2D eigenvalue weighted by Gasteiger charge is 2.20. The number of ether oxygens (including phenoxy) is 1. The van der Waals surface area contributed by atoms with Crippen LogP contribution in [0.5, 0.6) is 0 Å². The van der Waals surface area contributed by atoms with E-state index in [1.807, 2.05) is 0 Å². The maximum Gasteiger partial charge on any atom is 0.337 e. The average Bonchev–Trinajstić information content (AvgIpc) is 2.77. The third-order valence-corrected chi connectivity index (χ3v) is 4.79. The van der Waals surface area contributed by atoms with Crippen LogP contribution in [0.3, 0.4) is 0 Å². The molecule has 0 atom stereocenters. The molecule has 3 aromatic rings. The monoisotopic (exact) mass is 409 g/mol. The number of carbonyl (C=O) groups is 1. The summed E-state index contributed by atoms with van der Waals surface area (Å²) < 4.78 is 19.0. The molecule has 1 fully saturated rings. The minimum absolute atomic E-state index is 0.0874. The molecule has 2 aromatic heterocycles. The van der Waals surface area contributed by atoms with E-state index in [9.17, 15) is 14.3 Å². The standard InChI is InChI=1S/C21H20FN5O3/c1-13-8-16(2-3-18(13)22)25-21-24-12-17(14-9-15(20(28)29)11-23-10-14)19(26-21)27-4-6-30-7-5-27/h2-3,8-12H,4-7H2,1H3,(H,28,29)(H,24,25,26). The molecule has 0 amide bonds. The van der Waals surface area contributed by atoms with Gasteiger partial charge in [-0.1, -0.05) is 0 Å². The zero-order valence-electron chi connectivity index (χ0n) is 16.3. The Hall–Kier alpha value is -3.59. The summed E-state index contributed by atoms with van der Waals surface area (Å²) in [5.74, 6) is -0.327. The van der Waals surface area contributed by atoms with E-state index in [1.165, 1.54) is 12.3 Å². The van der Waals surface area contributed by atoms with Crippen LogP contribution in [-0.2, 0) is 4.74 Å². The van der Waals surface area contributed by atoms with Crippen molar-refractivity contribution in [1.29, 1.82) is 0 Å². The Labute approximate surface area is 172 Å². The number of morpholine rings is 1. The molecule has 1 aliphatic rings. The molecule has 9 heteroatoms. The minimum atomic E-state index is -1.05. The molecule has 0 bridgehead atoms. The molecule has 0 saturated carbocycles. The highest BCUT2D eigenvalue weighted by atomic mass is 19.1. The summed E-state index contributed by atoms with van der Waals surface area (Å²) in [6.07, 6.45) is 4.53. The summed E-state index contributed by atoms with van der Waals surface area (Å²) in [5.41, 5.74) is 2.56.